The second-order valence-corrected chi connectivity index (χ2v) is 7.09. The lowest BCUT2D eigenvalue weighted by Crippen LogP contribution is -2.02. The Morgan fingerprint density at radius 1 is 0.893 bits per heavy atom. The van der Waals surface area contributed by atoms with Gasteiger partial charge in [-0.1, -0.05) is 18.2 Å². The molecule has 0 aliphatic rings. The second-order valence-electron chi connectivity index (χ2n) is 6.21. The summed E-state index contributed by atoms with van der Waals surface area (Å²) in [6.07, 6.45) is 2.03. The molecule has 2 nitrogen and oxygen atoms in total. The highest BCUT2D eigenvalue weighted by Crippen LogP contribution is 2.44. The summed E-state index contributed by atoms with van der Waals surface area (Å²) in [7, 11) is 0. The fourth-order valence-corrected chi connectivity index (χ4v) is 4.22. The van der Waals surface area contributed by atoms with Crippen LogP contribution in [0.25, 0.3) is 21.6 Å². The van der Waals surface area contributed by atoms with Gasteiger partial charge in [0, 0.05) is 40.0 Å². The highest BCUT2D eigenvalue weighted by atomic mass is 32.1. The predicted octanol–water partition coefficient (Wildman–Crippen LogP) is 5.98. The quantitative estimate of drug-likeness (QED) is 0.460. The smallest absolute Gasteiger partial charge is 0.134 e. The minimum Gasteiger partial charge on any atom is -0.384 e. The topological polar surface area (TPSA) is 33.1 Å². The lowest BCUT2D eigenvalue weighted by Gasteiger charge is -2.16. The summed E-state index contributed by atoms with van der Waals surface area (Å²) in [5.41, 5.74) is 2.53. The molecule has 28 heavy (non-hydrogen) atoms. The molecule has 1 N–H and O–H groups in total. The fraction of sp³-hybridized carbons (Fsp3) is 0.0455. The molecule has 1 atom stereocenters. The number of aliphatic hydroxyl groups is 1. The van der Waals surface area contributed by atoms with Gasteiger partial charge in [0.15, 0.2) is 0 Å². The molecule has 0 bridgehead atoms. The number of aliphatic hydroxyl groups excluding tert-OH is 1. The van der Waals surface area contributed by atoms with Crippen molar-refractivity contribution in [3.63, 3.8) is 0 Å². The second kappa shape index (κ2) is 7.58. The van der Waals surface area contributed by atoms with Gasteiger partial charge >= 0.3 is 0 Å². The van der Waals surface area contributed by atoms with E-state index in [2.05, 4.69) is 4.98 Å². The molecule has 6 heteroatoms. The zero-order valence-corrected chi connectivity index (χ0v) is 15.3. The third kappa shape index (κ3) is 3.44. The molecule has 0 aliphatic heterocycles. The molecule has 140 valence electrons. The van der Waals surface area contributed by atoms with E-state index in [1.165, 1.54) is 41.8 Å². The summed E-state index contributed by atoms with van der Waals surface area (Å²) in [6.45, 7) is 0. The monoisotopic (exact) mass is 397 g/mol. The van der Waals surface area contributed by atoms with Crippen LogP contribution < -0.4 is 0 Å². The molecule has 0 fully saturated rings. The first kappa shape index (κ1) is 18.4. The van der Waals surface area contributed by atoms with Crippen molar-refractivity contribution in [3.05, 3.63) is 101 Å². The molecule has 0 spiro atoms. The Balaban J connectivity index is 1.93. The molecule has 4 rings (SSSR count). The van der Waals surface area contributed by atoms with Crippen LogP contribution in [0.4, 0.5) is 13.2 Å². The van der Waals surface area contributed by atoms with Crippen molar-refractivity contribution in [1.29, 1.82) is 0 Å². The lowest BCUT2D eigenvalue weighted by molar-refractivity contribution is 0.221. The maximum Gasteiger partial charge on any atom is 0.134 e. The summed E-state index contributed by atoms with van der Waals surface area (Å²) < 4.78 is 41.2. The Bertz CT molecular complexity index is 1110. The molecule has 2 heterocycles. The number of pyridine rings is 1. The highest BCUT2D eigenvalue weighted by Gasteiger charge is 2.24. The molecule has 2 aromatic heterocycles. The maximum absolute atomic E-state index is 14.5. The summed E-state index contributed by atoms with van der Waals surface area (Å²) in [4.78, 5) is 4.51. The summed E-state index contributed by atoms with van der Waals surface area (Å²) >= 11 is 1.23. The first-order chi connectivity index (χ1) is 13.5. The van der Waals surface area contributed by atoms with Crippen molar-refractivity contribution in [3.8, 4) is 21.6 Å². The van der Waals surface area contributed by atoms with Gasteiger partial charge in [-0.15, -0.1) is 11.3 Å². The van der Waals surface area contributed by atoms with Gasteiger partial charge in [-0.3, -0.25) is 4.98 Å². The number of nitrogens with zero attached hydrogens (tertiary/aromatic N) is 1. The van der Waals surface area contributed by atoms with Crippen LogP contribution in [-0.4, -0.2) is 10.1 Å². The van der Waals surface area contributed by atoms with Gasteiger partial charge in [0.25, 0.3) is 0 Å². The first-order valence-corrected chi connectivity index (χ1v) is 9.33. The molecule has 0 radical (unpaired) electrons. The van der Waals surface area contributed by atoms with Crippen LogP contribution in [0.3, 0.4) is 0 Å². The van der Waals surface area contributed by atoms with Gasteiger partial charge < -0.3 is 5.11 Å². The largest absolute Gasteiger partial charge is 0.384 e. The normalized spacial score (nSPS) is 12.1. The lowest BCUT2D eigenvalue weighted by atomic mass is 9.93. The van der Waals surface area contributed by atoms with Crippen LogP contribution >= 0.6 is 11.3 Å². The van der Waals surface area contributed by atoms with Crippen molar-refractivity contribution in [1.82, 2.24) is 4.98 Å². The number of hydrogen-bond acceptors (Lipinski definition) is 3. The standard InChI is InChI=1S/C22H14F3NOS/c23-15-5-3-13(4-6-15)18-12-28-22(17-8-7-16(24)10-19(17)25)20(18)21(27)14-2-1-9-26-11-14/h1-12,21,27H. The van der Waals surface area contributed by atoms with Gasteiger partial charge in [-0.05, 0) is 46.8 Å². The van der Waals surface area contributed by atoms with Crippen LogP contribution in [0.2, 0.25) is 0 Å². The average molecular weight is 397 g/mol. The van der Waals surface area contributed by atoms with Crippen LogP contribution in [0.1, 0.15) is 17.2 Å². The number of halogens is 3. The van der Waals surface area contributed by atoms with Crippen molar-refractivity contribution < 1.29 is 18.3 Å². The molecule has 0 amide bonds. The summed E-state index contributed by atoms with van der Waals surface area (Å²) in [5.74, 6) is -1.77. The molecule has 0 saturated carbocycles. The van der Waals surface area contributed by atoms with Gasteiger partial charge in [0.2, 0.25) is 0 Å². The van der Waals surface area contributed by atoms with Gasteiger partial charge in [0.1, 0.15) is 23.6 Å². The Labute approximate surface area is 163 Å². The van der Waals surface area contributed by atoms with Gasteiger partial charge in [-0.25, -0.2) is 13.2 Å². The molecular formula is C22H14F3NOS. The summed E-state index contributed by atoms with van der Waals surface area (Å²) in [6, 6.07) is 12.6. The van der Waals surface area contributed by atoms with Crippen LogP contribution in [0, 0.1) is 17.5 Å². The van der Waals surface area contributed by atoms with E-state index in [4.69, 9.17) is 0 Å². The third-order valence-electron chi connectivity index (χ3n) is 4.43. The van der Waals surface area contributed by atoms with Crippen LogP contribution in [-0.2, 0) is 0 Å². The predicted molar refractivity (Wildman–Crippen MR) is 103 cm³/mol. The van der Waals surface area contributed by atoms with Crippen molar-refractivity contribution >= 4 is 11.3 Å². The van der Waals surface area contributed by atoms with E-state index in [0.717, 1.165) is 6.07 Å². The average Bonchev–Trinajstić information content (AvgIpc) is 3.13. The van der Waals surface area contributed by atoms with Crippen molar-refractivity contribution in [2.45, 2.75) is 6.10 Å². The first-order valence-electron chi connectivity index (χ1n) is 8.45. The Kier molecular flexibility index (Phi) is 4.98. The fourth-order valence-electron chi connectivity index (χ4n) is 3.08. The molecule has 0 saturated heterocycles. The third-order valence-corrected chi connectivity index (χ3v) is 5.46. The van der Waals surface area contributed by atoms with E-state index in [1.807, 2.05) is 0 Å². The Morgan fingerprint density at radius 2 is 1.64 bits per heavy atom. The molecule has 2 aromatic carbocycles. The maximum atomic E-state index is 14.5. The zero-order chi connectivity index (χ0) is 19.7. The number of aromatic nitrogens is 1. The van der Waals surface area contributed by atoms with E-state index in [-0.39, 0.29) is 11.4 Å². The number of hydrogen-bond donors (Lipinski definition) is 1. The number of thiophene rings is 1. The van der Waals surface area contributed by atoms with Crippen molar-refractivity contribution in [2.24, 2.45) is 0 Å². The minimum atomic E-state index is -1.08. The van der Waals surface area contributed by atoms with Crippen molar-refractivity contribution in [2.75, 3.05) is 0 Å². The SMILES string of the molecule is OC(c1cccnc1)c1c(-c2ccc(F)cc2)csc1-c1ccc(F)cc1F. The van der Waals surface area contributed by atoms with Gasteiger partial charge in [-0.2, -0.15) is 0 Å². The van der Waals surface area contributed by atoms with E-state index in [9.17, 15) is 18.3 Å². The minimum absolute atomic E-state index is 0.192. The number of rotatable bonds is 4. The Hall–Kier alpha value is -2.96. The molecule has 0 aliphatic carbocycles. The highest BCUT2D eigenvalue weighted by molar-refractivity contribution is 7.14. The van der Waals surface area contributed by atoms with Crippen LogP contribution in [0.15, 0.2) is 72.4 Å². The van der Waals surface area contributed by atoms with Gasteiger partial charge in [0.05, 0.1) is 0 Å². The molecule has 1 unspecified atom stereocenters. The molecule has 4 aromatic rings. The zero-order valence-electron chi connectivity index (χ0n) is 14.4. The van der Waals surface area contributed by atoms with Crippen LogP contribution in [0.5, 0.6) is 0 Å². The number of benzene rings is 2. The van der Waals surface area contributed by atoms with E-state index < -0.39 is 17.7 Å². The van der Waals surface area contributed by atoms with E-state index >= 15 is 0 Å². The van der Waals surface area contributed by atoms with E-state index in [1.54, 1.807) is 35.8 Å². The Morgan fingerprint density at radius 3 is 2.32 bits per heavy atom. The molecular weight excluding hydrogens is 383 g/mol. The summed E-state index contributed by atoms with van der Waals surface area (Å²) in [5, 5.41) is 12.8. The van der Waals surface area contributed by atoms with E-state index in [0.29, 0.717) is 27.1 Å².